The number of nitrogens with one attached hydrogen (secondary N) is 1. The van der Waals surface area contributed by atoms with Crippen LogP contribution in [0, 0.1) is 15.9 Å². The Morgan fingerprint density at radius 1 is 1.24 bits per heavy atom. The van der Waals surface area contributed by atoms with Crippen LogP contribution in [0.3, 0.4) is 0 Å². The number of rotatable bonds is 6. The minimum Gasteiger partial charge on any atom is -0.489 e. The molecule has 0 bridgehead atoms. The fourth-order valence-electron chi connectivity index (χ4n) is 1.86. The Balaban J connectivity index is 2.11. The van der Waals surface area contributed by atoms with E-state index in [1.807, 2.05) is 6.92 Å². The monoisotopic (exact) mass is 290 g/mol. The molecule has 0 saturated carbocycles. The van der Waals surface area contributed by atoms with Crippen molar-refractivity contribution in [3.05, 3.63) is 64.0 Å². The molecular weight excluding hydrogens is 275 g/mol. The van der Waals surface area contributed by atoms with Gasteiger partial charge in [0.25, 0.3) is 5.69 Å². The fraction of sp³-hybridized carbons (Fsp3) is 0.200. The maximum Gasteiger partial charge on any atom is 0.292 e. The third kappa shape index (κ3) is 3.92. The van der Waals surface area contributed by atoms with Crippen LogP contribution in [0.15, 0.2) is 42.5 Å². The van der Waals surface area contributed by atoms with Gasteiger partial charge in [0.05, 0.1) is 4.92 Å². The van der Waals surface area contributed by atoms with Gasteiger partial charge in [0.2, 0.25) is 0 Å². The zero-order chi connectivity index (χ0) is 15.2. The molecule has 6 heteroatoms. The number of hydrogen-bond donors (Lipinski definition) is 1. The van der Waals surface area contributed by atoms with Crippen LogP contribution in [0.1, 0.15) is 12.5 Å². The van der Waals surface area contributed by atoms with E-state index < -0.39 is 4.92 Å². The molecule has 0 aliphatic heterocycles. The third-order valence-electron chi connectivity index (χ3n) is 2.85. The van der Waals surface area contributed by atoms with E-state index in [0.717, 1.165) is 0 Å². The highest BCUT2D eigenvalue weighted by molar-refractivity contribution is 5.62. The molecule has 2 aromatic rings. The Kier molecular flexibility index (Phi) is 4.71. The molecule has 0 radical (unpaired) electrons. The third-order valence-corrected chi connectivity index (χ3v) is 2.85. The van der Waals surface area contributed by atoms with Crippen molar-refractivity contribution in [2.75, 3.05) is 11.9 Å². The molecule has 5 nitrogen and oxygen atoms in total. The van der Waals surface area contributed by atoms with Gasteiger partial charge >= 0.3 is 0 Å². The molecule has 0 unspecified atom stereocenters. The number of nitro groups is 1. The standard InChI is InChI=1S/C15H15FN2O3/c1-2-17-14-8-3-11(9-15(14)18(19)20)10-21-13-6-4-12(16)5-7-13/h3-9,17H,2,10H2,1H3. The minimum absolute atomic E-state index is 0.0112. The first-order chi connectivity index (χ1) is 10.1. The summed E-state index contributed by atoms with van der Waals surface area (Å²) >= 11 is 0. The van der Waals surface area contributed by atoms with Crippen LogP contribution in [0.2, 0.25) is 0 Å². The molecule has 2 rings (SSSR count). The van der Waals surface area contributed by atoms with E-state index in [-0.39, 0.29) is 18.1 Å². The Bertz CT molecular complexity index is 629. The Morgan fingerprint density at radius 3 is 2.57 bits per heavy atom. The van der Waals surface area contributed by atoms with Gasteiger partial charge in [-0.25, -0.2) is 4.39 Å². The molecule has 2 aromatic carbocycles. The first-order valence-electron chi connectivity index (χ1n) is 6.49. The van der Waals surface area contributed by atoms with Gasteiger partial charge in [-0.2, -0.15) is 0 Å². The predicted octanol–water partition coefficient (Wildman–Crippen LogP) is 3.74. The lowest BCUT2D eigenvalue weighted by Crippen LogP contribution is -2.03. The van der Waals surface area contributed by atoms with Gasteiger partial charge in [-0.15, -0.1) is 0 Å². The van der Waals surface area contributed by atoms with E-state index in [1.54, 1.807) is 12.1 Å². The van der Waals surface area contributed by atoms with Crippen molar-refractivity contribution in [3.63, 3.8) is 0 Å². The number of benzene rings is 2. The van der Waals surface area contributed by atoms with Crippen LogP contribution >= 0.6 is 0 Å². The Hall–Kier alpha value is -2.63. The summed E-state index contributed by atoms with van der Waals surface area (Å²) < 4.78 is 18.2. The number of nitro benzene ring substituents is 1. The summed E-state index contributed by atoms with van der Waals surface area (Å²) in [5, 5.41) is 14.0. The van der Waals surface area contributed by atoms with Crippen molar-refractivity contribution in [2.24, 2.45) is 0 Å². The molecular formula is C15H15FN2O3. The maximum atomic E-state index is 12.8. The van der Waals surface area contributed by atoms with Crippen molar-refractivity contribution < 1.29 is 14.1 Å². The van der Waals surface area contributed by atoms with Crippen LogP contribution in [0.4, 0.5) is 15.8 Å². The second-order valence-corrected chi connectivity index (χ2v) is 4.38. The van der Waals surface area contributed by atoms with Gasteiger partial charge in [-0.1, -0.05) is 6.07 Å². The maximum absolute atomic E-state index is 12.8. The fourth-order valence-corrected chi connectivity index (χ4v) is 1.86. The normalized spacial score (nSPS) is 10.2. The molecule has 0 aromatic heterocycles. The molecule has 110 valence electrons. The van der Waals surface area contributed by atoms with Crippen LogP contribution in [0.25, 0.3) is 0 Å². The number of nitrogens with zero attached hydrogens (tertiary/aromatic N) is 1. The number of ether oxygens (including phenoxy) is 1. The minimum atomic E-state index is -0.431. The van der Waals surface area contributed by atoms with Gasteiger partial charge in [-0.3, -0.25) is 10.1 Å². The molecule has 0 heterocycles. The van der Waals surface area contributed by atoms with Crippen LogP contribution < -0.4 is 10.1 Å². The van der Waals surface area contributed by atoms with Crippen molar-refractivity contribution in [1.82, 2.24) is 0 Å². The van der Waals surface area contributed by atoms with Crippen molar-refractivity contribution in [3.8, 4) is 5.75 Å². The molecule has 21 heavy (non-hydrogen) atoms. The van der Waals surface area contributed by atoms with Crippen molar-refractivity contribution >= 4 is 11.4 Å². The van der Waals surface area contributed by atoms with E-state index in [2.05, 4.69) is 5.32 Å². The molecule has 0 aliphatic carbocycles. The van der Waals surface area contributed by atoms with Crippen molar-refractivity contribution in [1.29, 1.82) is 0 Å². The first-order valence-corrected chi connectivity index (χ1v) is 6.49. The molecule has 0 aliphatic rings. The Morgan fingerprint density at radius 2 is 1.95 bits per heavy atom. The van der Waals surface area contributed by atoms with Gasteiger partial charge in [-0.05, 0) is 42.8 Å². The average molecular weight is 290 g/mol. The molecule has 0 fully saturated rings. The smallest absolute Gasteiger partial charge is 0.292 e. The number of halogens is 1. The van der Waals surface area contributed by atoms with Gasteiger partial charge in [0.1, 0.15) is 23.9 Å². The van der Waals surface area contributed by atoms with E-state index in [4.69, 9.17) is 4.74 Å². The van der Waals surface area contributed by atoms with Gasteiger partial charge in [0.15, 0.2) is 0 Å². The van der Waals surface area contributed by atoms with Gasteiger partial charge in [0, 0.05) is 12.6 Å². The summed E-state index contributed by atoms with van der Waals surface area (Å²) in [5.41, 5.74) is 1.16. The number of anilines is 1. The second-order valence-electron chi connectivity index (χ2n) is 4.38. The van der Waals surface area contributed by atoms with Gasteiger partial charge < -0.3 is 10.1 Å². The molecule has 1 N–H and O–H groups in total. The van der Waals surface area contributed by atoms with Crippen LogP contribution in [-0.4, -0.2) is 11.5 Å². The van der Waals surface area contributed by atoms with E-state index in [9.17, 15) is 14.5 Å². The van der Waals surface area contributed by atoms with E-state index >= 15 is 0 Å². The SMILES string of the molecule is CCNc1ccc(COc2ccc(F)cc2)cc1[N+](=O)[O-]. The zero-order valence-corrected chi connectivity index (χ0v) is 11.5. The van der Waals surface area contributed by atoms with E-state index in [0.29, 0.717) is 23.5 Å². The highest BCUT2D eigenvalue weighted by atomic mass is 19.1. The highest BCUT2D eigenvalue weighted by Gasteiger charge is 2.14. The summed E-state index contributed by atoms with van der Waals surface area (Å²) in [6, 6.07) is 10.5. The lowest BCUT2D eigenvalue weighted by molar-refractivity contribution is -0.384. The second kappa shape index (κ2) is 6.69. The highest BCUT2D eigenvalue weighted by Crippen LogP contribution is 2.26. The predicted molar refractivity (Wildman–Crippen MR) is 78.0 cm³/mol. The Labute approximate surface area is 121 Å². The van der Waals surface area contributed by atoms with Crippen LogP contribution in [-0.2, 0) is 6.61 Å². The molecule has 0 spiro atoms. The van der Waals surface area contributed by atoms with Crippen LogP contribution in [0.5, 0.6) is 5.75 Å². The summed E-state index contributed by atoms with van der Waals surface area (Å²) in [4.78, 5) is 10.6. The zero-order valence-electron chi connectivity index (χ0n) is 11.5. The quantitative estimate of drug-likeness (QED) is 0.650. The first kappa shape index (κ1) is 14.8. The summed E-state index contributed by atoms with van der Waals surface area (Å²) in [7, 11) is 0. The summed E-state index contributed by atoms with van der Waals surface area (Å²) in [6.45, 7) is 2.65. The molecule has 0 saturated heterocycles. The average Bonchev–Trinajstić information content (AvgIpc) is 2.48. The lowest BCUT2D eigenvalue weighted by atomic mass is 10.2. The molecule has 0 atom stereocenters. The molecule has 0 amide bonds. The lowest BCUT2D eigenvalue weighted by Gasteiger charge is -2.08. The van der Waals surface area contributed by atoms with E-state index in [1.165, 1.54) is 30.3 Å². The summed E-state index contributed by atoms with van der Waals surface area (Å²) in [6.07, 6.45) is 0. The summed E-state index contributed by atoms with van der Waals surface area (Å²) in [5.74, 6) is 0.169. The number of hydrogen-bond acceptors (Lipinski definition) is 4. The van der Waals surface area contributed by atoms with Crippen molar-refractivity contribution in [2.45, 2.75) is 13.5 Å². The topological polar surface area (TPSA) is 64.4 Å². The largest absolute Gasteiger partial charge is 0.489 e.